The summed E-state index contributed by atoms with van der Waals surface area (Å²) in [6.45, 7) is 1.75. The van der Waals surface area contributed by atoms with Crippen molar-refractivity contribution >= 4 is 27.3 Å². The molecule has 0 radical (unpaired) electrons. The summed E-state index contributed by atoms with van der Waals surface area (Å²) in [4.78, 5) is -0.0610. The van der Waals surface area contributed by atoms with Crippen LogP contribution in [0, 0.1) is 12.7 Å². The standard InChI is InChI=1S/C14H14ClFN2O2S/c1-9-6-11(3-5-13(9)16)18-21(19,20)14-7-10(8-17)2-4-12(14)15/h2-7,18H,8,17H2,1H3. The number of halogens is 2. The van der Waals surface area contributed by atoms with Crippen molar-refractivity contribution in [2.24, 2.45) is 5.73 Å². The molecule has 21 heavy (non-hydrogen) atoms. The lowest BCUT2D eigenvalue weighted by Crippen LogP contribution is -2.14. The molecule has 4 nitrogen and oxygen atoms in total. The van der Waals surface area contributed by atoms with Gasteiger partial charge in [0, 0.05) is 12.2 Å². The number of aryl methyl sites for hydroxylation is 1. The van der Waals surface area contributed by atoms with Gasteiger partial charge in [-0.25, -0.2) is 12.8 Å². The first-order valence-electron chi connectivity index (χ1n) is 6.11. The molecule has 2 aromatic rings. The molecule has 0 heterocycles. The topological polar surface area (TPSA) is 72.2 Å². The van der Waals surface area contributed by atoms with Gasteiger partial charge in [-0.1, -0.05) is 17.7 Å². The molecular formula is C14H14ClFN2O2S. The highest BCUT2D eigenvalue weighted by molar-refractivity contribution is 7.92. The minimum Gasteiger partial charge on any atom is -0.326 e. The Labute approximate surface area is 127 Å². The number of hydrogen-bond acceptors (Lipinski definition) is 3. The lowest BCUT2D eigenvalue weighted by atomic mass is 10.2. The van der Waals surface area contributed by atoms with Crippen LogP contribution in [0.2, 0.25) is 5.02 Å². The smallest absolute Gasteiger partial charge is 0.263 e. The van der Waals surface area contributed by atoms with E-state index < -0.39 is 15.8 Å². The molecule has 0 aliphatic carbocycles. The minimum absolute atomic E-state index is 0.0610. The first-order valence-corrected chi connectivity index (χ1v) is 7.97. The fraction of sp³-hybridized carbons (Fsp3) is 0.143. The van der Waals surface area contributed by atoms with Gasteiger partial charge in [-0.3, -0.25) is 4.72 Å². The monoisotopic (exact) mass is 328 g/mol. The van der Waals surface area contributed by atoms with Gasteiger partial charge in [-0.15, -0.1) is 0 Å². The van der Waals surface area contributed by atoms with Crippen LogP contribution in [-0.2, 0) is 16.6 Å². The highest BCUT2D eigenvalue weighted by atomic mass is 35.5. The van der Waals surface area contributed by atoms with Crippen LogP contribution >= 0.6 is 11.6 Å². The second-order valence-corrected chi connectivity index (χ2v) is 6.60. The van der Waals surface area contributed by atoms with Gasteiger partial charge in [0.25, 0.3) is 10.0 Å². The average Bonchev–Trinajstić information content (AvgIpc) is 2.43. The van der Waals surface area contributed by atoms with Crippen LogP contribution in [0.1, 0.15) is 11.1 Å². The van der Waals surface area contributed by atoms with Crippen molar-refractivity contribution in [3.05, 3.63) is 58.4 Å². The summed E-state index contributed by atoms with van der Waals surface area (Å²) in [5, 5.41) is 0.0959. The summed E-state index contributed by atoms with van der Waals surface area (Å²) in [5.74, 6) is -0.402. The molecule has 0 unspecified atom stereocenters. The second kappa shape index (κ2) is 6.01. The van der Waals surface area contributed by atoms with Gasteiger partial charge in [0.2, 0.25) is 0 Å². The van der Waals surface area contributed by atoms with Crippen molar-refractivity contribution in [2.45, 2.75) is 18.4 Å². The number of sulfonamides is 1. The van der Waals surface area contributed by atoms with E-state index in [9.17, 15) is 12.8 Å². The predicted octanol–water partition coefficient (Wildman–Crippen LogP) is 3.05. The number of rotatable bonds is 4. The highest BCUT2D eigenvalue weighted by Gasteiger charge is 2.19. The van der Waals surface area contributed by atoms with Gasteiger partial charge in [0.15, 0.2) is 0 Å². The third-order valence-corrected chi connectivity index (χ3v) is 4.79. The van der Waals surface area contributed by atoms with Crippen molar-refractivity contribution in [3.8, 4) is 0 Å². The van der Waals surface area contributed by atoms with E-state index in [1.54, 1.807) is 13.0 Å². The van der Waals surface area contributed by atoms with Gasteiger partial charge in [0.1, 0.15) is 10.7 Å². The molecule has 0 bridgehead atoms. The van der Waals surface area contributed by atoms with Crippen molar-refractivity contribution in [2.75, 3.05) is 4.72 Å². The molecule has 0 saturated carbocycles. The largest absolute Gasteiger partial charge is 0.326 e. The third kappa shape index (κ3) is 3.53. The molecular weight excluding hydrogens is 315 g/mol. The van der Waals surface area contributed by atoms with Crippen LogP contribution in [0.25, 0.3) is 0 Å². The number of nitrogens with two attached hydrogens (primary N) is 1. The Kier molecular flexibility index (Phi) is 4.51. The van der Waals surface area contributed by atoms with Crippen LogP contribution in [0.15, 0.2) is 41.3 Å². The quantitative estimate of drug-likeness (QED) is 0.906. The number of nitrogens with one attached hydrogen (secondary N) is 1. The zero-order valence-electron chi connectivity index (χ0n) is 11.2. The molecule has 2 aromatic carbocycles. The van der Waals surface area contributed by atoms with Crippen molar-refractivity contribution in [1.82, 2.24) is 0 Å². The third-order valence-electron chi connectivity index (χ3n) is 2.93. The van der Waals surface area contributed by atoms with E-state index in [0.29, 0.717) is 11.1 Å². The molecule has 0 spiro atoms. The predicted molar refractivity (Wildman–Crippen MR) is 81.3 cm³/mol. The van der Waals surface area contributed by atoms with E-state index in [0.717, 1.165) is 0 Å². The van der Waals surface area contributed by atoms with E-state index >= 15 is 0 Å². The Morgan fingerprint density at radius 3 is 2.57 bits per heavy atom. The first-order chi connectivity index (χ1) is 9.83. The molecule has 0 aliphatic heterocycles. The number of hydrogen-bond donors (Lipinski definition) is 2. The van der Waals surface area contributed by atoms with E-state index in [4.69, 9.17) is 17.3 Å². The summed E-state index contributed by atoms with van der Waals surface area (Å²) in [5.41, 5.74) is 6.76. The summed E-state index contributed by atoms with van der Waals surface area (Å²) < 4.78 is 40.3. The molecule has 7 heteroatoms. The summed E-state index contributed by atoms with van der Waals surface area (Å²) in [6.07, 6.45) is 0. The van der Waals surface area contributed by atoms with Crippen LogP contribution < -0.4 is 10.5 Å². The molecule has 0 saturated heterocycles. The van der Waals surface area contributed by atoms with E-state index in [2.05, 4.69) is 4.72 Å². The maximum absolute atomic E-state index is 13.2. The number of benzene rings is 2. The Bertz CT molecular complexity index is 779. The maximum Gasteiger partial charge on any atom is 0.263 e. The molecule has 0 fully saturated rings. The zero-order chi connectivity index (χ0) is 15.6. The Balaban J connectivity index is 2.40. The number of anilines is 1. The van der Waals surface area contributed by atoms with E-state index in [1.807, 2.05) is 0 Å². The van der Waals surface area contributed by atoms with Gasteiger partial charge in [0.05, 0.1) is 5.02 Å². The van der Waals surface area contributed by atoms with Crippen LogP contribution in [0.4, 0.5) is 10.1 Å². The minimum atomic E-state index is -3.87. The molecule has 112 valence electrons. The Morgan fingerprint density at radius 2 is 1.95 bits per heavy atom. The first kappa shape index (κ1) is 15.8. The van der Waals surface area contributed by atoms with Gasteiger partial charge in [-0.2, -0.15) is 0 Å². The molecule has 0 amide bonds. The lowest BCUT2D eigenvalue weighted by molar-refractivity contribution is 0.600. The van der Waals surface area contributed by atoms with Gasteiger partial charge < -0.3 is 5.73 Å². The second-order valence-electron chi connectivity index (χ2n) is 4.54. The van der Waals surface area contributed by atoms with Crippen LogP contribution in [-0.4, -0.2) is 8.42 Å². The highest BCUT2D eigenvalue weighted by Crippen LogP contribution is 2.25. The van der Waals surface area contributed by atoms with Crippen molar-refractivity contribution in [1.29, 1.82) is 0 Å². The fourth-order valence-corrected chi connectivity index (χ4v) is 3.40. The van der Waals surface area contributed by atoms with Gasteiger partial charge in [-0.05, 0) is 48.4 Å². The Hall–Kier alpha value is -1.63. The SMILES string of the molecule is Cc1cc(NS(=O)(=O)c2cc(CN)ccc2Cl)ccc1F. The van der Waals surface area contributed by atoms with Crippen LogP contribution in [0.5, 0.6) is 0 Å². The summed E-state index contributed by atoms with van der Waals surface area (Å²) in [7, 11) is -3.87. The van der Waals surface area contributed by atoms with E-state index in [1.165, 1.54) is 30.3 Å². The van der Waals surface area contributed by atoms with Crippen molar-refractivity contribution < 1.29 is 12.8 Å². The zero-order valence-corrected chi connectivity index (χ0v) is 12.8. The normalized spacial score (nSPS) is 11.4. The molecule has 2 rings (SSSR count). The average molecular weight is 329 g/mol. The van der Waals surface area contributed by atoms with Crippen LogP contribution in [0.3, 0.4) is 0 Å². The molecule has 0 aliphatic rings. The fourth-order valence-electron chi connectivity index (χ4n) is 1.80. The summed E-state index contributed by atoms with van der Waals surface area (Å²) in [6, 6.07) is 8.51. The van der Waals surface area contributed by atoms with Gasteiger partial charge >= 0.3 is 0 Å². The molecule has 3 N–H and O–H groups in total. The maximum atomic E-state index is 13.2. The summed E-state index contributed by atoms with van der Waals surface area (Å²) >= 11 is 5.94. The molecule has 0 atom stereocenters. The Morgan fingerprint density at radius 1 is 1.24 bits per heavy atom. The molecule has 0 aromatic heterocycles. The van der Waals surface area contributed by atoms with Crippen molar-refractivity contribution in [3.63, 3.8) is 0 Å². The lowest BCUT2D eigenvalue weighted by Gasteiger charge is -2.11. The van der Waals surface area contributed by atoms with E-state index in [-0.39, 0.29) is 22.2 Å².